The summed E-state index contributed by atoms with van der Waals surface area (Å²) in [4.78, 5) is 0. The highest BCUT2D eigenvalue weighted by molar-refractivity contribution is 4.97. The van der Waals surface area contributed by atoms with E-state index in [2.05, 4.69) is 10.3 Å². The van der Waals surface area contributed by atoms with Crippen molar-refractivity contribution in [2.45, 2.75) is 51.6 Å². The lowest BCUT2D eigenvalue weighted by Crippen LogP contribution is -2.14. The van der Waals surface area contributed by atoms with Crippen LogP contribution in [0.4, 0.5) is 0 Å². The van der Waals surface area contributed by atoms with Crippen molar-refractivity contribution in [3.63, 3.8) is 0 Å². The van der Waals surface area contributed by atoms with Gasteiger partial charge < -0.3 is 5.73 Å². The molecule has 0 bridgehead atoms. The Labute approximate surface area is 90.8 Å². The van der Waals surface area contributed by atoms with Crippen LogP contribution in [0.3, 0.4) is 0 Å². The fourth-order valence-corrected chi connectivity index (χ4v) is 2.25. The summed E-state index contributed by atoms with van der Waals surface area (Å²) in [5, 5.41) is 8.19. The van der Waals surface area contributed by atoms with Crippen molar-refractivity contribution in [3.05, 3.63) is 11.9 Å². The normalized spacial score (nSPS) is 20.4. The van der Waals surface area contributed by atoms with Gasteiger partial charge in [-0.15, -0.1) is 5.10 Å². The first-order chi connectivity index (χ1) is 7.25. The lowest BCUT2D eigenvalue weighted by molar-refractivity contribution is 0.305. The van der Waals surface area contributed by atoms with Crippen LogP contribution in [0, 0.1) is 5.92 Å². The Morgan fingerprint density at radius 1 is 1.47 bits per heavy atom. The van der Waals surface area contributed by atoms with Crippen molar-refractivity contribution in [1.29, 1.82) is 0 Å². The second kappa shape index (κ2) is 4.75. The minimum absolute atomic E-state index is 0.00916. The molecule has 84 valence electrons. The molecule has 0 saturated heterocycles. The first-order valence-corrected chi connectivity index (χ1v) is 5.91. The Balaban J connectivity index is 1.91. The number of aromatic nitrogens is 3. The van der Waals surface area contributed by atoms with Crippen molar-refractivity contribution in [2.24, 2.45) is 11.7 Å². The van der Waals surface area contributed by atoms with E-state index >= 15 is 0 Å². The molecule has 1 aromatic rings. The number of nitrogens with zero attached hydrogens (tertiary/aromatic N) is 3. The molecule has 0 radical (unpaired) electrons. The molecule has 0 spiro atoms. The Morgan fingerprint density at radius 3 is 2.80 bits per heavy atom. The van der Waals surface area contributed by atoms with E-state index in [4.69, 9.17) is 5.73 Å². The zero-order valence-corrected chi connectivity index (χ0v) is 9.39. The van der Waals surface area contributed by atoms with Gasteiger partial charge in [-0.2, -0.15) is 0 Å². The summed E-state index contributed by atoms with van der Waals surface area (Å²) >= 11 is 0. The second-order valence-electron chi connectivity index (χ2n) is 4.66. The van der Waals surface area contributed by atoms with Gasteiger partial charge in [0, 0.05) is 12.6 Å². The van der Waals surface area contributed by atoms with Gasteiger partial charge in [0.05, 0.1) is 11.9 Å². The summed E-state index contributed by atoms with van der Waals surface area (Å²) in [7, 11) is 0. The van der Waals surface area contributed by atoms with E-state index < -0.39 is 0 Å². The predicted octanol–water partition coefficient (Wildman–Crippen LogP) is 1.88. The van der Waals surface area contributed by atoms with Crippen LogP contribution in [-0.4, -0.2) is 15.0 Å². The monoisotopic (exact) mass is 208 g/mol. The van der Waals surface area contributed by atoms with Crippen molar-refractivity contribution in [1.82, 2.24) is 15.0 Å². The zero-order valence-electron chi connectivity index (χ0n) is 9.39. The van der Waals surface area contributed by atoms with Crippen LogP contribution in [0.15, 0.2) is 6.20 Å². The van der Waals surface area contributed by atoms with Crippen LogP contribution < -0.4 is 5.73 Å². The van der Waals surface area contributed by atoms with Gasteiger partial charge in [-0.05, 0) is 25.7 Å². The molecule has 1 fully saturated rings. The second-order valence-corrected chi connectivity index (χ2v) is 4.66. The maximum atomic E-state index is 5.74. The van der Waals surface area contributed by atoms with E-state index in [-0.39, 0.29) is 6.04 Å². The number of hydrogen-bond donors (Lipinski definition) is 1. The molecule has 0 aliphatic heterocycles. The number of nitrogens with two attached hydrogens (primary N) is 1. The van der Waals surface area contributed by atoms with Gasteiger partial charge in [0.1, 0.15) is 0 Å². The summed E-state index contributed by atoms with van der Waals surface area (Å²) < 4.78 is 1.95. The maximum absolute atomic E-state index is 5.74. The molecule has 1 atom stereocenters. The van der Waals surface area contributed by atoms with Crippen LogP contribution in [0.1, 0.15) is 50.8 Å². The highest BCUT2D eigenvalue weighted by atomic mass is 15.4. The Hall–Kier alpha value is -0.900. The van der Waals surface area contributed by atoms with Gasteiger partial charge in [0.25, 0.3) is 0 Å². The summed E-state index contributed by atoms with van der Waals surface area (Å²) in [5.41, 5.74) is 6.64. The fourth-order valence-electron chi connectivity index (χ4n) is 2.25. The summed E-state index contributed by atoms with van der Waals surface area (Å²) in [5.74, 6) is 0.793. The predicted molar refractivity (Wildman–Crippen MR) is 59.2 cm³/mol. The van der Waals surface area contributed by atoms with Crippen molar-refractivity contribution in [3.8, 4) is 0 Å². The third-order valence-corrected chi connectivity index (χ3v) is 3.19. The molecule has 2 N–H and O–H groups in total. The van der Waals surface area contributed by atoms with Crippen LogP contribution >= 0.6 is 0 Å². The lowest BCUT2D eigenvalue weighted by Gasteiger charge is -2.20. The lowest BCUT2D eigenvalue weighted by atomic mass is 9.89. The molecule has 1 unspecified atom stereocenters. The minimum Gasteiger partial charge on any atom is -0.323 e. The molecule has 4 heteroatoms. The number of hydrogen-bond acceptors (Lipinski definition) is 3. The van der Waals surface area contributed by atoms with E-state index in [0.29, 0.717) is 0 Å². The van der Waals surface area contributed by atoms with Crippen molar-refractivity contribution >= 4 is 0 Å². The topological polar surface area (TPSA) is 56.7 Å². The smallest absolute Gasteiger partial charge is 0.0991 e. The fraction of sp³-hybridized carbons (Fsp3) is 0.818. The Morgan fingerprint density at radius 2 is 2.20 bits per heavy atom. The van der Waals surface area contributed by atoms with Crippen molar-refractivity contribution < 1.29 is 0 Å². The largest absolute Gasteiger partial charge is 0.323 e. The summed E-state index contributed by atoms with van der Waals surface area (Å²) in [6.45, 7) is 2.95. The maximum Gasteiger partial charge on any atom is 0.0991 e. The van der Waals surface area contributed by atoms with Crippen LogP contribution in [0.5, 0.6) is 0 Å². The quantitative estimate of drug-likeness (QED) is 0.825. The average Bonchev–Trinajstić information content (AvgIpc) is 2.68. The van der Waals surface area contributed by atoms with Crippen LogP contribution in [0.2, 0.25) is 0 Å². The molecule has 1 aromatic heterocycles. The molecular formula is C11H20N4. The zero-order chi connectivity index (χ0) is 10.7. The molecule has 1 aliphatic rings. The van der Waals surface area contributed by atoms with E-state index in [1.165, 1.54) is 32.1 Å². The van der Waals surface area contributed by atoms with Gasteiger partial charge in [0.15, 0.2) is 0 Å². The van der Waals surface area contributed by atoms with Gasteiger partial charge in [-0.25, -0.2) is 0 Å². The van der Waals surface area contributed by atoms with Gasteiger partial charge in [-0.1, -0.05) is 24.5 Å². The molecule has 2 rings (SSSR count). The highest BCUT2D eigenvalue weighted by Crippen LogP contribution is 2.24. The van der Waals surface area contributed by atoms with Crippen LogP contribution in [0.25, 0.3) is 0 Å². The molecule has 1 heterocycles. The first-order valence-electron chi connectivity index (χ1n) is 5.91. The molecule has 0 amide bonds. The van der Waals surface area contributed by atoms with E-state index in [0.717, 1.165) is 18.2 Å². The highest BCUT2D eigenvalue weighted by Gasteiger charge is 2.15. The SMILES string of the molecule is CC(N)c1cn(CC2CCCCC2)nn1. The Kier molecular flexibility index (Phi) is 3.36. The van der Waals surface area contributed by atoms with E-state index in [1.54, 1.807) is 0 Å². The summed E-state index contributed by atoms with van der Waals surface area (Å²) in [6, 6.07) is -0.00916. The van der Waals surface area contributed by atoms with Gasteiger partial charge in [0.2, 0.25) is 0 Å². The van der Waals surface area contributed by atoms with Gasteiger partial charge in [-0.3, -0.25) is 4.68 Å². The third-order valence-electron chi connectivity index (χ3n) is 3.19. The molecule has 1 saturated carbocycles. The molecule has 1 aliphatic carbocycles. The Bertz CT molecular complexity index is 299. The van der Waals surface area contributed by atoms with Gasteiger partial charge >= 0.3 is 0 Å². The molecule has 0 aromatic carbocycles. The number of rotatable bonds is 3. The first kappa shape index (κ1) is 10.6. The van der Waals surface area contributed by atoms with E-state index in [1.807, 2.05) is 17.8 Å². The summed E-state index contributed by atoms with van der Waals surface area (Å²) in [6.07, 6.45) is 8.82. The minimum atomic E-state index is -0.00916. The molecule has 4 nitrogen and oxygen atoms in total. The van der Waals surface area contributed by atoms with Crippen LogP contribution in [-0.2, 0) is 6.54 Å². The third kappa shape index (κ3) is 2.78. The average molecular weight is 208 g/mol. The van der Waals surface area contributed by atoms with Crippen molar-refractivity contribution in [2.75, 3.05) is 0 Å². The standard InChI is InChI=1S/C11H20N4/c1-9(12)11-8-15(14-13-11)7-10-5-3-2-4-6-10/h8-10H,2-7,12H2,1H3. The molecular weight excluding hydrogens is 188 g/mol. The molecule has 15 heavy (non-hydrogen) atoms. The van der Waals surface area contributed by atoms with E-state index in [9.17, 15) is 0 Å².